The summed E-state index contributed by atoms with van der Waals surface area (Å²) in [6.07, 6.45) is 7.77. The monoisotopic (exact) mass is 345 g/mol. The third kappa shape index (κ3) is 2.45. The van der Waals surface area contributed by atoms with Gasteiger partial charge in [0.1, 0.15) is 0 Å². The molecule has 6 heteroatoms. The molecule has 0 radical (unpaired) electrons. The van der Waals surface area contributed by atoms with Gasteiger partial charge in [0, 0.05) is 31.2 Å². The highest BCUT2D eigenvalue weighted by molar-refractivity contribution is 6.09. The Morgan fingerprint density at radius 1 is 0.923 bits per heavy atom. The lowest BCUT2D eigenvalue weighted by molar-refractivity contribution is 0.0996. The quantitative estimate of drug-likeness (QED) is 0.732. The molecule has 2 aromatic heterocycles. The number of aromatic nitrogens is 3. The Morgan fingerprint density at radius 3 is 2.38 bits per heavy atom. The van der Waals surface area contributed by atoms with Crippen LogP contribution in [0, 0.1) is 0 Å². The standard InChI is InChI=1S/C20H19N5O/c26-20-18-13-25(16-7-5-15(6-8-16)23-10-1-2-11-23)22-19(18)14-24(20)17-4-3-9-21-12-17/h3-9,12-13H,1-2,10-11,14H2. The Bertz CT molecular complexity index is 942. The first kappa shape index (κ1) is 15.1. The number of rotatable bonds is 3. The molecule has 0 bridgehead atoms. The summed E-state index contributed by atoms with van der Waals surface area (Å²) in [5.41, 5.74) is 4.50. The van der Waals surface area contributed by atoms with Crippen LogP contribution in [0.5, 0.6) is 0 Å². The fraction of sp³-hybridized carbons (Fsp3) is 0.250. The van der Waals surface area contributed by atoms with Crippen molar-refractivity contribution >= 4 is 17.3 Å². The van der Waals surface area contributed by atoms with E-state index in [1.54, 1.807) is 22.0 Å². The van der Waals surface area contributed by atoms with Gasteiger partial charge in [-0.1, -0.05) is 0 Å². The predicted molar refractivity (Wildman–Crippen MR) is 99.8 cm³/mol. The molecule has 5 rings (SSSR count). The highest BCUT2D eigenvalue weighted by Crippen LogP contribution is 2.28. The molecule has 26 heavy (non-hydrogen) atoms. The van der Waals surface area contributed by atoms with E-state index < -0.39 is 0 Å². The second-order valence-electron chi connectivity index (χ2n) is 6.75. The summed E-state index contributed by atoms with van der Waals surface area (Å²) in [5.74, 6) is -0.0204. The lowest BCUT2D eigenvalue weighted by Gasteiger charge is -2.18. The summed E-state index contributed by atoms with van der Waals surface area (Å²) >= 11 is 0. The maximum Gasteiger partial charge on any atom is 0.262 e. The lowest BCUT2D eigenvalue weighted by Crippen LogP contribution is -2.23. The second-order valence-corrected chi connectivity index (χ2v) is 6.75. The third-order valence-corrected chi connectivity index (χ3v) is 5.12. The number of nitrogens with zero attached hydrogens (tertiary/aromatic N) is 5. The van der Waals surface area contributed by atoms with Crippen molar-refractivity contribution < 1.29 is 4.79 Å². The average molecular weight is 345 g/mol. The molecule has 1 amide bonds. The zero-order chi connectivity index (χ0) is 17.5. The largest absolute Gasteiger partial charge is 0.372 e. The first-order valence-corrected chi connectivity index (χ1v) is 8.95. The zero-order valence-corrected chi connectivity index (χ0v) is 14.4. The van der Waals surface area contributed by atoms with Crippen LogP contribution in [0.1, 0.15) is 28.9 Å². The first-order chi connectivity index (χ1) is 12.8. The minimum absolute atomic E-state index is 0.0204. The number of benzene rings is 1. The van der Waals surface area contributed by atoms with Crippen LogP contribution in [-0.4, -0.2) is 33.8 Å². The average Bonchev–Trinajstić information content (AvgIpc) is 3.41. The van der Waals surface area contributed by atoms with Gasteiger partial charge in [-0.2, -0.15) is 5.10 Å². The van der Waals surface area contributed by atoms with E-state index in [1.807, 2.05) is 18.3 Å². The van der Waals surface area contributed by atoms with Crippen LogP contribution in [0.3, 0.4) is 0 Å². The van der Waals surface area contributed by atoms with Crippen LogP contribution in [-0.2, 0) is 6.54 Å². The van der Waals surface area contributed by atoms with Crippen molar-refractivity contribution in [2.75, 3.05) is 22.9 Å². The molecule has 130 valence electrons. The number of carbonyl (C=O) groups excluding carboxylic acids is 1. The predicted octanol–water partition coefficient (Wildman–Crippen LogP) is 3.03. The highest BCUT2D eigenvalue weighted by atomic mass is 16.2. The molecule has 1 fully saturated rings. The number of pyridine rings is 1. The molecule has 2 aliphatic heterocycles. The second kappa shape index (κ2) is 5.98. The Balaban J connectivity index is 1.39. The van der Waals surface area contributed by atoms with Crippen molar-refractivity contribution in [2.45, 2.75) is 19.4 Å². The van der Waals surface area contributed by atoms with Crippen molar-refractivity contribution in [1.82, 2.24) is 14.8 Å². The highest BCUT2D eigenvalue weighted by Gasteiger charge is 2.32. The number of anilines is 2. The number of hydrogen-bond donors (Lipinski definition) is 0. The summed E-state index contributed by atoms with van der Waals surface area (Å²) in [6.45, 7) is 2.75. The third-order valence-electron chi connectivity index (χ3n) is 5.12. The fourth-order valence-corrected chi connectivity index (χ4v) is 3.72. The molecular formula is C20H19N5O. The molecule has 1 saturated heterocycles. The van der Waals surface area contributed by atoms with Crippen LogP contribution < -0.4 is 9.80 Å². The molecule has 0 aliphatic carbocycles. The fourth-order valence-electron chi connectivity index (χ4n) is 3.72. The Kier molecular flexibility index (Phi) is 3.48. The lowest BCUT2D eigenvalue weighted by atomic mass is 10.2. The number of fused-ring (bicyclic) bond motifs is 1. The Morgan fingerprint density at radius 2 is 1.69 bits per heavy atom. The number of carbonyl (C=O) groups is 1. The smallest absolute Gasteiger partial charge is 0.262 e. The van der Waals surface area contributed by atoms with Gasteiger partial charge in [0.15, 0.2) is 0 Å². The van der Waals surface area contributed by atoms with Crippen molar-refractivity contribution in [2.24, 2.45) is 0 Å². The molecule has 2 aliphatic rings. The normalized spacial score (nSPS) is 16.4. The summed E-state index contributed by atoms with van der Waals surface area (Å²) in [7, 11) is 0. The van der Waals surface area contributed by atoms with Crippen molar-refractivity contribution in [1.29, 1.82) is 0 Å². The van der Waals surface area contributed by atoms with E-state index in [1.165, 1.54) is 18.5 Å². The summed E-state index contributed by atoms with van der Waals surface area (Å²) in [5, 5.41) is 4.63. The van der Waals surface area contributed by atoms with E-state index in [0.717, 1.165) is 30.2 Å². The minimum atomic E-state index is -0.0204. The summed E-state index contributed by atoms with van der Waals surface area (Å²) in [4.78, 5) is 20.9. The van der Waals surface area contributed by atoms with Crippen LogP contribution in [0.25, 0.3) is 5.69 Å². The number of amides is 1. The van der Waals surface area contributed by atoms with Gasteiger partial charge in [-0.3, -0.25) is 9.78 Å². The minimum Gasteiger partial charge on any atom is -0.372 e. The molecule has 0 saturated carbocycles. The van der Waals surface area contributed by atoms with E-state index in [9.17, 15) is 4.79 Å². The molecule has 0 N–H and O–H groups in total. The zero-order valence-electron chi connectivity index (χ0n) is 14.4. The van der Waals surface area contributed by atoms with Gasteiger partial charge in [0.25, 0.3) is 5.91 Å². The van der Waals surface area contributed by atoms with Gasteiger partial charge in [-0.05, 0) is 49.2 Å². The van der Waals surface area contributed by atoms with Gasteiger partial charge in [-0.25, -0.2) is 4.68 Å². The number of hydrogen-bond acceptors (Lipinski definition) is 4. The van der Waals surface area contributed by atoms with E-state index in [2.05, 4.69) is 39.2 Å². The van der Waals surface area contributed by atoms with Crippen LogP contribution in [0.15, 0.2) is 55.0 Å². The van der Waals surface area contributed by atoms with E-state index in [4.69, 9.17) is 0 Å². The van der Waals surface area contributed by atoms with E-state index in [-0.39, 0.29) is 5.91 Å². The van der Waals surface area contributed by atoms with Crippen molar-refractivity contribution in [3.05, 3.63) is 66.2 Å². The Labute approximate surface area is 151 Å². The maximum atomic E-state index is 12.7. The van der Waals surface area contributed by atoms with E-state index >= 15 is 0 Å². The molecule has 0 spiro atoms. The van der Waals surface area contributed by atoms with Gasteiger partial charge >= 0.3 is 0 Å². The summed E-state index contributed by atoms with van der Waals surface area (Å²) < 4.78 is 1.80. The molecule has 0 unspecified atom stereocenters. The molecule has 6 nitrogen and oxygen atoms in total. The molecular weight excluding hydrogens is 326 g/mol. The molecule has 4 heterocycles. The van der Waals surface area contributed by atoms with Crippen molar-refractivity contribution in [3.8, 4) is 5.69 Å². The SMILES string of the molecule is O=C1c2cn(-c3ccc(N4CCCC4)cc3)nc2CN1c1cccnc1. The molecule has 3 aromatic rings. The topological polar surface area (TPSA) is 54.3 Å². The van der Waals surface area contributed by atoms with Crippen LogP contribution >= 0.6 is 0 Å². The maximum absolute atomic E-state index is 12.7. The first-order valence-electron chi connectivity index (χ1n) is 8.95. The van der Waals surface area contributed by atoms with Gasteiger partial charge in [0.2, 0.25) is 0 Å². The van der Waals surface area contributed by atoms with Gasteiger partial charge in [0.05, 0.1) is 35.4 Å². The molecule has 0 atom stereocenters. The van der Waals surface area contributed by atoms with Gasteiger partial charge < -0.3 is 9.80 Å². The van der Waals surface area contributed by atoms with E-state index in [0.29, 0.717) is 12.1 Å². The van der Waals surface area contributed by atoms with Crippen LogP contribution in [0.2, 0.25) is 0 Å². The Hall–Kier alpha value is -3.15. The van der Waals surface area contributed by atoms with Gasteiger partial charge in [-0.15, -0.1) is 0 Å². The van der Waals surface area contributed by atoms with Crippen LogP contribution in [0.4, 0.5) is 11.4 Å². The summed E-state index contributed by atoms with van der Waals surface area (Å²) in [6, 6.07) is 12.1. The van der Waals surface area contributed by atoms with Crippen molar-refractivity contribution in [3.63, 3.8) is 0 Å². The molecule has 1 aromatic carbocycles.